The van der Waals surface area contributed by atoms with Gasteiger partial charge in [0.2, 0.25) is 17.7 Å². The molecule has 0 saturated carbocycles. The summed E-state index contributed by atoms with van der Waals surface area (Å²) in [5, 5.41) is 2.83. The van der Waals surface area contributed by atoms with E-state index in [9.17, 15) is 14.4 Å². The summed E-state index contributed by atoms with van der Waals surface area (Å²) in [6.45, 7) is -0.0909. The Balaban J connectivity index is 1.78. The fourth-order valence-electron chi connectivity index (χ4n) is 1.76. The Bertz CT molecular complexity index is 517. The molecule has 1 aromatic carbocycles. The molecule has 106 valence electrons. The molecule has 1 fully saturated rings. The smallest absolute Gasteiger partial charge is 0.246 e. The SMILES string of the molecule is O=C1CN(C(=O)CCSc2ccc(Cl)cc2)CC(=O)N1. The largest absolute Gasteiger partial charge is 0.324 e. The highest BCUT2D eigenvalue weighted by molar-refractivity contribution is 7.99. The van der Waals surface area contributed by atoms with E-state index in [-0.39, 0.29) is 25.4 Å². The maximum absolute atomic E-state index is 11.9. The second kappa shape index (κ2) is 6.76. The first-order valence-corrected chi connectivity index (χ1v) is 7.40. The Morgan fingerprint density at radius 2 is 1.80 bits per heavy atom. The molecule has 0 radical (unpaired) electrons. The average Bonchev–Trinajstić information content (AvgIpc) is 2.40. The van der Waals surface area contributed by atoms with Crippen LogP contribution in [0.1, 0.15) is 6.42 Å². The lowest BCUT2D eigenvalue weighted by Gasteiger charge is -2.25. The minimum Gasteiger partial charge on any atom is -0.324 e. The number of nitrogens with one attached hydrogen (secondary N) is 1. The first-order chi connectivity index (χ1) is 9.54. The summed E-state index contributed by atoms with van der Waals surface area (Å²) in [7, 11) is 0. The third-order valence-corrected chi connectivity index (χ3v) is 3.96. The summed E-state index contributed by atoms with van der Waals surface area (Å²) in [4.78, 5) is 36.5. The summed E-state index contributed by atoms with van der Waals surface area (Å²) in [6, 6.07) is 7.35. The molecule has 0 bridgehead atoms. The van der Waals surface area contributed by atoms with E-state index in [4.69, 9.17) is 11.6 Å². The third kappa shape index (κ3) is 4.25. The van der Waals surface area contributed by atoms with Gasteiger partial charge in [-0.25, -0.2) is 0 Å². The molecule has 0 spiro atoms. The number of rotatable bonds is 4. The molecule has 2 rings (SSSR count). The van der Waals surface area contributed by atoms with Crippen molar-refractivity contribution in [3.63, 3.8) is 0 Å². The number of piperazine rings is 1. The first kappa shape index (κ1) is 14.9. The van der Waals surface area contributed by atoms with Crippen LogP contribution in [0.3, 0.4) is 0 Å². The Hall–Kier alpha value is -1.53. The Morgan fingerprint density at radius 1 is 1.20 bits per heavy atom. The van der Waals surface area contributed by atoms with E-state index >= 15 is 0 Å². The van der Waals surface area contributed by atoms with E-state index in [1.165, 1.54) is 16.7 Å². The zero-order valence-electron chi connectivity index (χ0n) is 10.6. The Morgan fingerprint density at radius 3 is 2.40 bits per heavy atom. The van der Waals surface area contributed by atoms with Crippen LogP contribution < -0.4 is 5.32 Å². The van der Waals surface area contributed by atoms with Gasteiger partial charge in [0.25, 0.3) is 0 Å². The van der Waals surface area contributed by atoms with Gasteiger partial charge in [0.15, 0.2) is 0 Å². The van der Waals surface area contributed by atoms with Gasteiger partial charge in [0.05, 0.1) is 0 Å². The van der Waals surface area contributed by atoms with Crippen LogP contribution >= 0.6 is 23.4 Å². The van der Waals surface area contributed by atoms with Crippen LogP contribution in [-0.4, -0.2) is 41.5 Å². The number of hydrogen-bond acceptors (Lipinski definition) is 4. The molecule has 1 heterocycles. The molecule has 0 aromatic heterocycles. The topological polar surface area (TPSA) is 66.5 Å². The second-order valence-electron chi connectivity index (χ2n) is 4.27. The van der Waals surface area contributed by atoms with Crippen molar-refractivity contribution in [2.24, 2.45) is 0 Å². The van der Waals surface area contributed by atoms with Gasteiger partial charge in [-0.3, -0.25) is 19.7 Å². The fourth-order valence-corrected chi connectivity index (χ4v) is 2.73. The molecule has 7 heteroatoms. The monoisotopic (exact) mass is 312 g/mol. The second-order valence-corrected chi connectivity index (χ2v) is 5.88. The lowest BCUT2D eigenvalue weighted by molar-refractivity contribution is -0.145. The zero-order chi connectivity index (χ0) is 14.5. The normalized spacial score (nSPS) is 15.2. The number of carbonyl (C=O) groups excluding carboxylic acids is 3. The summed E-state index contributed by atoms with van der Waals surface area (Å²) in [6.07, 6.45) is 0.286. The molecule has 20 heavy (non-hydrogen) atoms. The van der Waals surface area contributed by atoms with Crippen molar-refractivity contribution in [2.45, 2.75) is 11.3 Å². The van der Waals surface area contributed by atoms with Crippen molar-refractivity contribution < 1.29 is 14.4 Å². The Kier molecular flexibility index (Phi) is 5.03. The average molecular weight is 313 g/mol. The van der Waals surface area contributed by atoms with Gasteiger partial charge in [-0.2, -0.15) is 0 Å². The van der Waals surface area contributed by atoms with Crippen molar-refractivity contribution in [2.75, 3.05) is 18.8 Å². The van der Waals surface area contributed by atoms with Crippen LogP contribution in [0.25, 0.3) is 0 Å². The van der Waals surface area contributed by atoms with Gasteiger partial charge in [-0.15, -0.1) is 11.8 Å². The van der Waals surface area contributed by atoms with Crippen molar-refractivity contribution in [3.8, 4) is 0 Å². The lowest BCUT2D eigenvalue weighted by Crippen LogP contribution is -2.53. The molecule has 1 N–H and O–H groups in total. The van der Waals surface area contributed by atoms with Crippen LogP contribution in [0.4, 0.5) is 0 Å². The summed E-state index contributed by atoms with van der Waals surface area (Å²) < 4.78 is 0. The number of hydrogen-bond donors (Lipinski definition) is 1. The number of thioether (sulfide) groups is 1. The van der Waals surface area contributed by atoms with Crippen molar-refractivity contribution >= 4 is 41.1 Å². The highest BCUT2D eigenvalue weighted by atomic mass is 35.5. The maximum Gasteiger partial charge on any atom is 0.246 e. The molecule has 5 nitrogen and oxygen atoms in total. The quantitative estimate of drug-likeness (QED) is 0.672. The summed E-state index contributed by atoms with van der Waals surface area (Å²) >= 11 is 7.32. The summed E-state index contributed by atoms with van der Waals surface area (Å²) in [5.74, 6) is -0.457. The van der Waals surface area contributed by atoms with Gasteiger partial charge in [-0.05, 0) is 24.3 Å². The first-order valence-electron chi connectivity index (χ1n) is 6.03. The van der Waals surface area contributed by atoms with Gasteiger partial charge < -0.3 is 4.90 Å². The Labute approximate surface area is 125 Å². The van der Waals surface area contributed by atoms with Crippen LogP contribution in [0.15, 0.2) is 29.2 Å². The van der Waals surface area contributed by atoms with E-state index in [1.807, 2.05) is 12.1 Å². The number of amides is 3. The highest BCUT2D eigenvalue weighted by Gasteiger charge is 2.25. The predicted molar refractivity (Wildman–Crippen MR) is 76.5 cm³/mol. The molecule has 0 unspecified atom stereocenters. The van der Waals surface area contributed by atoms with Crippen LogP contribution in [0.2, 0.25) is 5.02 Å². The van der Waals surface area contributed by atoms with Crippen LogP contribution in [-0.2, 0) is 14.4 Å². The van der Waals surface area contributed by atoms with Crippen molar-refractivity contribution in [3.05, 3.63) is 29.3 Å². The molecular weight excluding hydrogens is 300 g/mol. The minimum absolute atomic E-state index is 0.0455. The van der Waals surface area contributed by atoms with E-state index in [0.717, 1.165) is 4.90 Å². The molecule has 0 aliphatic carbocycles. The van der Waals surface area contributed by atoms with Gasteiger partial charge in [-0.1, -0.05) is 11.6 Å². The molecule has 1 aliphatic rings. The standard InChI is InChI=1S/C13H13ClN2O3S/c14-9-1-3-10(4-2-9)20-6-5-13(19)16-7-11(17)15-12(18)8-16/h1-4H,5-8H2,(H,15,17,18). The minimum atomic E-state index is -0.431. The van der Waals surface area contributed by atoms with Crippen molar-refractivity contribution in [1.82, 2.24) is 10.2 Å². The van der Waals surface area contributed by atoms with Crippen LogP contribution in [0.5, 0.6) is 0 Å². The molecule has 1 aliphatic heterocycles. The number of halogens is 1. The molecule has 1 saturated heterocycles. The van der Waals surface area contributed by atoms with Crippen molar-refractivity contribution in [1.29, 1.82) is 0 Å². The lowest BCUT2D eigenvalue weighted by atomic mass is 10.3. The van der Waals surface area contributed by atoms with Gasteiger partial charge in [0.1, 0.15) is 13.1 Å². The molecule has 3 amide bonds. The van der Waals surface area contributed by atoms with Gasteiger partial charge in [0, 0.05) is 22.1 Å². The van der Waals surface area contributed by atoms with E-state index in [1.54, 1.807) is 12.1 Å². The van der Waals surface area contributed by atoms with E-state index in [2.05, 4.69) is 5.32 Å². The third-order valence-electron chi connectivity index (χ3n) is 2.70. The molecule has 0 atom stereocenters. The summed E-state index contributed by atoms with van der Waals surface area (Å²) in [5.41, 5.74) is 0. The molecule has 1 aromatic rings. The number of imide groups is 1. The fraction of sp³-hybridized carbons (Fsp3) is 0.308. The zero-order valence-corrected chi connectivity index (χ0v) is 12.2. The van der Waals surface area contributed by atoms with Crippen LogP contribution in [0, 0.1) is 0 Å². The predicted octanol–water partition coefficient (Wildman–Crippen LogP) is 1.31. The van der Waals surface area contributed by atoms with Gasteiger partial charge >= 0.3 is 0 Å². The van der Waals surface area contributed by atoms with E-state index < -0.39 is 11.8 Å². The molecular formula is C13H13ClN2O3S. The number of nitrogens with zero attached hydrogens (tertiary/aromatic N) is 1. The van der Waals surface area contributed by atoms with E-state index in [0.29, 0.717) is 10.8 Å². The maximum atomic E-state index is 11.9. The number of carbonyl (C=O) groups is 3. The highest BCUT2D eigenvalue weighted by Crippen LogP contribution is 2.21. The number of benzene rings is 1.